The first-order valence-corrected chi connectivity index (χ1v) is 5.52. The summed E-state index contributed by atoms with van der Waals surface area (Å²) in [5, 5.41) is 19.4. The van der Waals surface area contributed by atoms with Crippen LogP contribution in [0.2, 0.25) is 0 Å². The second kappa shape index (κ2) is 4.85. The molecule has 3 nitrogen and oxygen atoms in total. The molecule has 1 aromatic carbocycles. The molecule has 90 valence electrons. The molecule has 16 heavy (non-hydrogen) atoms. The lowest BCUT2D eigenvalue weighted by Gasteiger charge is -2.29. The predicted octanol–water partition coefficient (Wildman–Crippen LogP) is 1.95. The zero-order valence-electron chi connectivity index (χ0n) is 10.4. The maximum atomic E-state index is 9.77. The summed E-state index contributed by atoms with van der Waals surface area (Å²) in [7, 11) is 1.92. The van der Waals surface area contributed by atoms with E-state index in [9.17, 15) is 10.2 Å². The molecular weight excluding hydrogens is 202 g/mol. The molecule has 0 amide bonds. The molecule has 0 heterocycles. The third-order valence-electron chi connectivity index (χ3n) is 2.42. The van der Waals surface area contributed by atoms with Crippen LogP contribution < -0.4 is 4.90 Å². The fraction of sp³-hybridized carbons (Fsp3) is 0.538. The molecule has 1 rings (SSSR count). The summed E-state index contributed by atoms with van der Waals surface area (Å²) in [6, 6.07) is 7.69. The Bertz CT molecular complexity index is 342. The van der Waals surface area contributed by atoms with Crippen molar-refractivity contribution in [3.05, 3.63) is 29.8 Å². The fourth-order valence-corrected chi connectivity index (χ4v) is 1.85. The van der Waals surface area contributed by atoms with Crippen molar-refractivity contribution in [1.82, 2.24) is 0 Å². The van der Waals surface area contributed by atoms with Gasteiger partial charge in [0.15, 0.2) is 0 Å². The standard InChI is InChI=1S/C13H21NO2/c1-10(15)11-7-5-6-8-12(11)14(4)9-13(2,3)16/h5-8,10,15-16H,9H2,1-4H3/t10-/m0/s1. The fourth-order valence-electron chi connectivity index (χ4n) is 1.85. The Morgan fingerprint density at radius 2 is 1.88 bits per heavy atom. The van der Waals surface area contributed by atoms with E-state index in [2.05, 4.69) is 0 Å². The van der Waals surface area contributed by atoms with Crippen LogP contribution in [0.15, 0.2) is 24.3 Å². The molecule has 0 aliphatic rings. The number of aliphatic hydroxyl groups excluding tert-OH is 1. The van der Waals surface area contributed by atoms with Gasteiger partial charge in [0.1, 0.15) is 0 Å². The van der Waals surface area contributed by atoms with Crippen molar-refractivity contribution >= 4 is 5.69 Å². The van der Waals surface area contributed by atoms with Crippen LogP contribution in [0.25, 0.3) is 0 Å². The monoisotopic (exact) mass is 223 g/mol. The highest BCUT2D eigenvalue weighted by Gasteiger charge is 2.18. The molecule has 0 aliphatic carbocycles. The molecule has 0 bridgehead atoms. The van der Waals surface area contributed by atoms with Gasteiger partial charge in [0, 0.05) is 24.8 Å². The van der Waals surface area contributed by atoms with Crippen LogP contribution in [0.5, 0.6) is 0 Å². The van der Waals surface area contributed by atoms with E-state index in [-0.39, 0.29) is 0 Å². The van der Waals surface area contributed by atoms with Crippen LogP contribution in [0.4, 0.5) is 5.69 Å². The summed E-state index contributed by atoms with van der Waals surface area (Å²) in [6.45, 7) is 5.82. The Balaban J connectivity index is 2.95. The van der Waals surface area contributed by atoms with Gasteiger partial charge >= 0.3 is 0 Å². The first-order chi connectivity index (χ1) is 7.31. The highest BCUT2D eigenvalue weighted by molar-refractivity contribution is 5.54. The molecule has 2 N–H and O–H groups in total. The van der Waals surface area contributed by atoms with Gasteiger partial charge in [0.2, 0.25) is 0 Å². The minimum absolute atomic E-state index is 0.500. The van der Waals surface area contributed by atoms with Gasteiger partial charge in [-0.2, -0.15) is 0 Å². The van der Waals surface area contributed by atoms with Gasteiger partial charge in [-0.3, -0.25) is 0 Å². The van der Waals surface area contributed by atoms with E-state index in [1.165, 1.54) is 0 Å². The number of likely N-dealkylation sites (N-methyl/N-ethyl adjacent to an activating group) is 1. The smallest absolute Gasteiger partial charge is 0.0781 e. The van der Waals surface area contributed by atoms with Crippen molar-refractivity contribution in [3.8, 4) is 0 Å². The molecule has 0 saturated carbocycles. The van der Waals surface area contributed by atoms with Gasteiger partial charge in [-0.05, 0) is 26.8 Å². The minimum atomic E-state index is -0.749. The van der Waals surface area contributed by atoms with Gasteiger partial charge in [-0.1, -0.05) is 18.2 Å². The molecule has 0 fully saturated rings. The van der Waals surface area contributed by atoms with E-state index in [0.29, 0.717) is 6.54 Å². The Kier molecular flexibility index (Phi) is 3.94. The second-order valence-corrected chi connectivity index (χ2v) is 4.90. The third-order valence-corrected chi connectivity index (χ3v) is 2.42. The summed E-state index contributed by atoms with van der Waals surface area (Å²) >= 11 is 0. The van der Waals surface area contributed by atoms with Crippen LogP contribution in [-0.2, 0) is 0 Å². The molecule has 0 aromatic heterocycles. The maximum absolute atomic E-state index is 9.77. The molecule has 1 atom stereocenters. The summed E-state index contributed by atoms with van der Waals surface area (Å²) in [4.78, 5) is 1.96. The molecule has 0 radical (unpaired) electrons. The number of para-hydroxylation sites is 1. The number of anilines is 1. The molecule has 0 saturated heterocycles. The molecule has 3 heteroatoms. The molecule has 0 spiro atoms. The summed E-state index contributed by atoms with van der Waals surface area (Å²) in [6.07, 6.45) is -0.500. The predicted molar refractivity (Wildman–Crippen MR) is 66.6 cm³/mol. The zero-order valence-corrected chi connectivity index (χ0v) is 10.4. The second-order valence-electron chi connectivity index (χ2n) is 4.90. The van der Waals surface area contributed by atoms with Crippen molar-refractivity contribution in [3.63, 3.8) is 0 Å². The number of aliphatic hydroxyl groups is 2. The number of hydrogen-bond acceptors (Lipinski definition) is 3. The number of rotatable bonds is 4. The van der Waals surface area contributed by atoms with Crippen LogP contribution in [-0.4, -0.2) is 29.4 Å². The van der Waals surface area contributed by atoms with E-state index >= 15 is 0 Å². The summed E-state index contributed by atoms with van der Waals surface area (Å²) in [5.74, 6) is 0. The Morgan fingerprint density at radius 1 is 1.31 bits per heavy atom. The van der Waals surface area contributed by atoms with Crippen molar-refractivity contribution in [2.75, 3.05) is 18.5 Å². The Morgan fingerprint density at radius 3 is 2.38 bits per heavy atom. The van der Waals surface area contributed by atoms with Crippen LogP contribution in [0.1, 0.15) is 32.4 Å². The average Bonchev–Trinajstić information content (AvgIpc) is 2.15. The SMILES string of the molecule is C[C@H](O)c1ccccc1N(C)CC(C)(C)O. The quantitative estimate of drug-likeness (QED) is 0.820. The lowest BCUT2D eigenvalue weighted by Crippen LogP contribution is -2.36. The largest absolute Gasteiger partial charge is 0.389 e. The normalized spacial score (nSPS) is 13.6. The highest BCUT2D eigenvalue weighted by Crippen LogP contribution is 2.26. The minimum Gasteiger partial charge on any atom is -0.389 e. The maximum Gasteiger partial charge on any atom is 0.0781 e. The van der Waals surface area contributed by atoms with Gasteiger partial charge in [0.25, 0.3) is 0 Å². The average molecular weight is 223 g/mol. The van der Waals surface area contributed by atoms with Crippen LogP contribution >= 0.6 is 0 Å². The Labute approximate surface area is 97.3 Å². The lowest BCUT2D eigenvalue weighted by molar-refractivity contribution is 0.0884. The first-order valence-electron chi connectivity index (χ1n) is 5.52. The Hall–Kier alpha value is -1.06. The summed E-state index contributed by atoms with van der Waals surface area (Å²) in [5.41, 5.74) is 1.09. The van der Waals surface area contributed by atoms with Crippen molar-refractivity contribution in [2.45, 2.75) is 32.5 Å². The van der Waals surface area contributed by atoms with E-state index in [0.717, 1.165) is 11.3 Å². The van der Waals surface area contributed by atoms with Gasteiger partial charge < -0.3 is 15.1 Å². The van der Waals surface area contributed by atoms with E-state index in [4.69, 9.17) is 0 Å². The number of benzene rings is 1. The van der Waals surface area contributed by atoms with Crippen molar-refractivity contribution in [1.29, 1.82) is 0 Å². The van der Waals surface area contributed by atoms with Gasteiger partial charge in [-0.15, -0.1) is 0 Å². The van der Waals surface area contributed by atoms with Gasteiger partial charge in [-0.25, -0.2) is 0 Å². The van der Waals surface area contributed by atoms with E-state index < -0.39 is 11.7 Å². The van der Waals surface area contributed by atoms with Crippen LogP contribution in [0, 0.1) is 0 Å². The summed E-state index contributed by atoms with van der Waals surface area (Å²) < 4.78 is 0. The topological polar surface area (TPSA) is 43.7 Å². The van der Waals surface area contributed by atoms with Crippen molar-refractivity contribution in [2.24, 2.45) is 0 Å². The molecule has 0 aliphatic heterocycles. The van der Waals surface area contributed by atoms with Crippen molar-refractivity contribution < 1.29 is 10.2 Å². The van der Waals surface area contributed by atoms with Crippen LogP contribution in [0.3, 0.4) is 0 Å². The number of nitrogens with zero attached hydrogens (tertiary/aromatic N) is 1. The first kappa shape index (κ1) is 13.0. The van der Waals surface area contributed by atoms with Gasteiger partial charge in [0.05, 0.1) is 11.7 Å². The third kappa shape index (κ3) is 3.51. The molecule has 0 unspecified atom stereocenters. The molecular formula is C13H21NO2. The number of hydrogen-bond donors (Lipinski definition) is 2. The van der Waals surface area contributed by atoms with E-state index in [1.54, 1.807) is 20.8 Å². The lowest BCUT2D eigenvalue weighted by atomic mass is 10.1. The zero-order chi connectivity index (χ0) is 12.3. The molecule has 1 aromatic rings. The van der Waals surface area contributed by atoms with E-state index in [1.807, 2.05) is 36.2 Å². The highest BCUT2D eigenvalue weighted by atomic mass is 16.3.